The lowest BCUT2D eigenvalue weighted by Crippen LogP contribution is -2.25. The van der Waals surface area contributed by atoms with Gasteiger partial charge in [0.15, 0.2) is 11.5 Å². The fraction of sp³-hybridized carbons (Fsp3) is 0.214. The van der Waals surface area contributed by atoms with Gasteiger partial charge in [0, 0.05) is 10.5 Å². The summed E-state index contributed by atoms with van der Waals surface area (Å²) in [6.07, 6.45) is 0.177. The number of carboxylic acid groups (broad SMARTS) is 2. The second-order valence-corrected chi connectivity index (χ2v) is 7.02. The van der Waals surface area contributed by atoms with Gasteiger partial charge in [0.1, 0.15) is 0 Å². The van der Waals surface area contributed by atoms with E-state index in [0.717, 1.165) is 7.11 Å². The van der Waals surface area contributed by atoms with Crippen molar-refractivity contribution in [2.24, 2.45) is 5.92 Å². The highest BCUT2D eigenvalue weighted by Gasteiger charge is 2.31. The lowest BCUT2D eigenvalue weighted by Gasteiger charge is -2.18. The van der Waals surface area contributed by atoms with Gasteiger partial charge < -0.3 is 25.2 Å². The molecule has 0 heterocycles. The van der Waals surface area contributed by atoms with E-state index in [4.69, 9.17) is 0 Å². The molecule has 1 unspecified atom stereocenters. The van der Waals surface area contributed by atoms with Crippen molar-refractivity contribution in [3.8, 4) is 11.5 Å². The van der Waals surface area contributed by atoms with Crippen molar-refractivity contribution in [1.29, 1.82) is 0 Å². The van der Waals surface area contributed by atoms with Crippen LogP contribution in [0.5, 0.6) is 11.5 Å². The summed E-state index contributed by atoms with van der Waals surface area (Å²) in [5.41, 5.74) is -0.520. The van der Waals surface area contributed by atoms with Crippen LogP contribution in [-0.2, 0) is 25.5 Å². The molecule has 0 aromatic heterocycles. The summed E-state index contributed by atoms with van der Waals surface area (Å²) in [5.74, 6) is -6.79. The Morgan fingerprint density at radius 1 is 1.04 bits per heavy atom. The molecule has 0 aliphatic rings. The van der Waals surface area contributed by atoms with Crippen LogP contribution in [0.2, 0.25) is 0 Å². The number of carbonyl (C=O) groups is 3. The third kappa shape index (κ3) is 4.73. The zero-order valence-corrected chi connectivity index (χ0v) is 17.2. The Bertz CT molecular complexity index is 743. The maximum atomic E-state index is 11.6. The molecule has 0 fully saturated rings. The monoisotopic (exact) mass is 544 g/mol. The molecular weight excluding hydrogens is 536 g/mol. The average Bonchev–Trinajstić information content (AvgIpc) is 2.56. The Labute approximate surface area is 166 Å². The van der Waals surface area contributed by atoms with Crippen LogP contribution in [0.1, 0.15) is 5.56 Å². The molecule has 0 saturated heterocycles. The third-order valence-corrected chi connectivity index (χ3v) is 6.20. The number of hydrogen-bond donors (Lipinski definition) is 4. The van der Waals surface area contributed by atoms with Gasteiger partial charge in [-0.05, 0) is 59.8 Å². The molecule has 136 valence electrons. The van der Waals surface area contributed by atoms with E-state index in [2.05, 4.69) is 52.5 Å². The molecular formula is C14H11Br3O8. The van der Waals surface area contributed by atoms with Crippen molar-refractivity contribution < 1.29 is 39.5 Å². The van der Waals surface area contributed by atoms with Gasteiger partial charge in [0.25, 0.3) is 0 Å². The molecule has 1 aromatic carbocycles. The number of methoxy groups -OCH3 is 1. The van der Waals surface area contributed by atoms with Gasteiger partial charge in [-0.25, -0.2) is 9.59 Å². The van der Waals surface area contributed by atoms with Crippen molar-refractivity contribution in [3.63, 3.8) is 0 Å². The minimum Gasteiger partial charge on any atom is -0.503 e. The maximum Gasteiger partial charge on any atom is 0.332 e. The van der Waals surface area contributed by atoms with Crippen LogP contribution in [0.15, 0.2) is 25.1 Å². The lowest BCUT2D eigenvalue weighted by atomic mass is 9.91. The van der Waals surface area contributed by atoms with Crippen LogP contribution in [-0.4, -0.2) is 45.4 Å². The van der Waals surface area contributed by atoms with Gasteiger partial charge in [-0.3, -0.25) is 4.79 Å². The molecule has 0 aliphatic carbocycles. The molecule has 11 heteroatoms. The van der Waals surface area contributed by atoms with Crippen LogP contribution >= 0.6 is 47.8 Å². The Balaban J connectivity index is 3.51. The predicted octanol–water partition coefficient (Wildman–Crippen LogP) is 2.81. The largest absolute Gasteiger partial charge is 0.503 e. The van der Waals surface area contributed by atoms with Crippen molar-refractivity contribution in [2.75, 3.05) is 7.11 Å². The van der Waals surface area contributed by atoms with Crippen LogP contribution in [0.4, 0.5) is 0 Å². The summed E-state index contributed by atoms with van der Waals surface area (Å²) >= 11 is 9.21. The molecule has 25 heavy (non-hydrogen) atoms. The summed E-state index contributed by atoms with van der Waals surface area (Å²) in [4.78, 5) is 34.3. The molecule has 0 aliphatic heterocycles. The lowest BCUT2D eigenvalue weighted by molar-refractivity contribution is -0.144. The van der Waals surface area contributed by atoms with E-state index >= 15 is 0 Å². The van der Waals surface area contributed by atoms with Crippen LogP contribution in [0.25, 0.3) is 0 Å². The zero-order chi connectivity index (χ0) is 19.5. The van der Waals surface area contributed by atoms with E-state index in [1.165, 1.54) is 0 Å². The maximum absolute atomic E-state index is 11.6. The number of phenols is 2. The Morgan fingerprint density at radius 3 is 2.00 bits per heavy atom. The molecule has 0 saturated carbocycles. The first-order chi connectivity index (χ1) is 11.5. The summed E-state index contributed by atoms with van der Waals surface area (Å²) in [6, 6.07) is 0. The molecule has 0 bridgehead atoms. The molecule has 0 spiro atoms. The number of esters is 1. The number of carboxylic acids is 2. The number of carbonyl (C=O) groups excluding carboxylic acids is 1. The van der Waals surface area contributed by atoms with Crippen molar-refractivity contribution in [1.82, 2.24) is 0 Å². The summed E-state index contributed by atoms with van der Waals surface area (Å²) < 4.78 is 4.59. The van der Waals surface area contributed by atoms with Gasteiger partial charge >= 0.3 is 17.9 Å². The second kappa shape index (κ2) is 8.68. The van der Waals surface area contributed by atoms with Gasteiger partial charge in [-0.2, -0.15) is 0 Å². The Kier molecular flexibility index (Phi) is 7.44. The molecule has 0 radical (unpaired) electrons. The minimum atomic E-state index is -1.62. The predicted molar refractivity (Wildman–Crippen MR) is 95.4 cm³/mol. The summed E-state index contributed by atoms with van der Waals surface area (Å²) in [7, 11) is 1.02. The zero-order valence-electron chi connectivity index (χ0n) is 12.4. The SMILES string of the molecule is COC(=O)C=C(C(=O)O)C(Cc1c(Br)c(O)c(O)c(Br)c1Br)C(=O)O. The number of phenolic OH excluding ortho intramolecular Hbond substituents is 2. The van der Waals surface area contributed by atoms with E-state index in [1.54, 1.807) is 0 Å². The highest BCUT2D eigenvalue weighted by Crippen LogP contribution is 2.47. The van der Waals surface area contributed by atoms with Crippen molar-refractivity contribution in [3.05, 3.63) is 30.6 Å². The molecule has 0 amide bonds. The quantitative estimate of drug-likeness (QED) is 0.185. The number of rotatable bonds is 6. The third-order valence-electron chi connectivity index (χ3n) is 3.17. The van der Waals surface area contributed by atoms with E-state index in [9.17, 15) is 34.8 Å². The molecule has 1 aromatic rings. The van der Waals surface area contributed by atoms with Gasteiger partial charge in [-0.15, -0.1) is 0 Å². The fourth-order valence-corrected chi connectivity index (χ4v) is 3.68. The number of ether oxygens (including phenoxy) is 1. The first kappa shape index (κ1) is 21.5. The van der Waals surface area contributed by atoms with E-state index in [0.29, 0.717) is 6.08 Å². The Morgan fingerprint density at radius 2 is 1.56 bits per heavy atom. The van der Waals surface area contributed by atoms with Crippen LogP contribution < -0.4 is 0 Å². The summed E-state index contributed by atoms with van der Waals surface area (Å²) in [6.45, 7) is 0. The summed E-state index contributed by atoms with van der Waals surface area (Å²) in [5, 5.41) is 38.3. The highest BCUT2D eigenvalue weighted by atomic mass is 79.9. The number of aromatic hydroxyl groups is 2. The minimum absolute atomic E-state index is 0.0193. The molecule has 1 atom stereocenters. The average molecular weight is 547 g/mol. The molecule has 1 rings (SSSR count). The Hall–Kier alpha value is -1.59. The second-order valence-electron chi connectivity index (χ2n) is 4.64. The van der Waals surface area contributed by atoms with Crippen LogP contribution in [0, 0.1) is 5.92 Å². The molecule has 4 N–H and O–H groups in total. The van der Waals surface area contributed by atoms with Crippen molar-refractivity contribution >= 4 is 65.7 Å². The number of halogens is 3. The van der Waals surface area contributed by atoms with E-state index in [1.807, 2.05) is 0 Å². The van der Waals surface area contributed by atoms with Crippen molar-refractivity contribution in [2.45, 2.75) is 6.42 Å². The van der Waals surface area contributed by atoms with Gasteiger partial charge in [0.2, 0.25) is 0 Å². The number of benzene rings is 1. The highest BCUT2D eigenvalue weighted by molar-refractivity contribution is 9.13. The number of aliphatic carboxylic acids is 2. The first-order valence-corrected chi connectivity index (χ1v) is 8.73. The smallest absolute Gasteiger partial charge is 0.332 e. The van der Waals surface area contributed by atoms with E-state index in [-0.39, 0.29) is 19.0 Å². The number of hydrogen-bond acceptors (Lipinski definition) is 6. The van der Waals surface area contributed by atoms with Gasteiger partial charge in [0.05, 0.1) is 27.5 Å². The van der Waals surface area contributed by atoms with Gasteiger partial charge in [-0.1, -0.05) is 0 Å². The van der Waals surface area contributed by atoms with Crippen LogP contribution in [0.3, 0.4) is 0 Å². The standard InChI is InChI=1S/C14H11Br3O8/c1-25-7(18)3-5(14(23)24)4(13(21)22)2-6-8(15)10(17)12(20)11(19)9(6)16/h3-4,19-20H,2H2,1H3,(H,21,22)(H,23,24). The normalized spacial score (nSPS) is 12.6. The topological polar surface area (TPSA) is 141 Å². The molecule has 8 nitrogen and oxygen atoms in total. The first-order valence-electron chi connectivity index (χ1n) is 6.35. The fourth-order valence-electron chi connectivity index (χ4n) is 1.89. The van der Waals surface area contributed by atoms with E-state index < -0.39 is 47.3 Å².